The first-order valence-electron chi connectivity index (χ1n) is 0. The minimum Gasteiger partial charge on any atom is 0 e. The fourth-order valence-electron chi connectivity index (χ4n) is 0. The van der Waals surface area contributed by atoms with E-state index in [1.807, 2.05) is 0 Å². The number of hydrogen-bond donors (Lipinski definition) is 0. The molecule has 5 radical (unpaired) electrons. The summed E-state index contributed by atoms with van der Waals surface area (Å²) in [6.45, 7) is 0. The topological polar surface area (TPSA) is 0 Å². The van der Waals surface area contributed by atoms with Crippen molar-refractivity contribution in [1.29, 1.82) is 0 Å². The molecule has 29 valence electrons. The van der Waals surface area contributed by atoms with Crippen molar-refractivity contribution in [1.82, 2.24) is 0 Å². The molecule has 0 saturated heterocycles. The Morgan fingerprint density at radius 3 is 1.00 bits per heavy atom. The van der Waals surface area contributed by atoms with E-state index < -0.39 is 0 Å². The largest absolute Gasteiger partial charge is 0 e. The molecule has 0 unspecified atom stereocenters. The van der Waals surface area contributed by atoms with Gasteiger partial charge in [0.25, 0.3) is 0 Å². The van der Waals surface area contributed by atoms with Crippen LogP contribution in [0.15, 0.2) is 0 Å². The minimum absolute atomic E-state index is 0. The standard InChI is InChI=1S/B.Cr.Mo.Nb.Ti.V. The molecule has 0 aromatic rings. The van der Waals surface area contributed by atoms with Crippen LogP contribution in [0.1, 0.15) is 0 Å². The fourth-order valence-corrected chi connectivity index (χ4v) is 0. The Bertz CT molecular complexity index is 15.5. The summed E-state index contributed by atoms with van der Waals surface area (Å²) in [5, 5.41) is 0. The molecule has 0 heterocycles. The summed E-state index contributed by atoms with van der Waals surface area (Å²) >= 11 is 0. The molecule has 0 atom stereocenters. The van der Waals surface area contributed by atoms with Gasteiger partial charge in [0.05, 0.1) is 0 Å². The van der Waals surface area contributed by atoms with Crippen molar-refractivity contribution in [2.24, 2.45) is 0 Å². The molecule has 0 amide bonds. The van der Waals surface area contributed by atoms with Gasteiger partial charge in [0.2, 0.25) is 0 Å². The van der Waals surface area contributed by atoms with Gasteiger partial charge in [-0.05, 0) is 0 Å². The quantitative estimate of drug-likeness (QED) is 0.522. The van der Waals surface area contributed by atoms with Crippen LogP contribution in [-0.4, -0.2) is 8.41 Å². The second kappa shape index (κ2) is 40.4. The van der Waals surface area contributed by atoms with Crippen LogP contribution in [0.2, 0.25) is 0 Å². The van der Waals surface area contributed by atoms with Crippen LogP contribution in [0.25, 0.3) is 0 Å². The van der Waals surface area contributed by atoms with E-state index in [-0.39, 0.29) is 109 Å². The van der Waals surface area contributed by atoms with E-state index in [1.54, 1.807) is 0 Å². The molecule has 0 saturated carbocycles. The zero-order valence-corrected chi connectivity index (χ0v) is 11.2. The second-order valence-corrected chi connectivity index (χ2v) is 0. The maximum Gasteiger partial charge on any atom is 0 e. The van der Waals surface area contributed by atoms with Crippen LogP contribution in [0.5, 0.6) is 0 Å². The summed E-state index contributed by atoms with van der Waals surface area (Å²) in [6.07, 6.45) is 0. The van der Waals surface area contributed by atoms with E-state index in [2.05, 4.69) is 0 Å². The molecule has 6 heavy (non-hydrogen) atoms. The van der Waals surface area contributed by atoms with Gasteiger partial charge < -0.3 is 0 Å². The zero-order chi connectivity index (χ0) is 0. The number of rotatable bonds is 0. The van der Waals surface area contributed by atoms with Gasteiger partial charge in [-0.3, -0.25) is 0 Å². The molecule has 0 aliphatic rings. The summed E-state index contributed by atoms with van der Waals surface area (Å²) in [7, 11) is 0. The molecular weight excluding hydrogens is 350 g/mol. The molecule has 0 nitrogen and oxygen atoms in total. The molecule has 0 aliphatic carbocycles. The summed E-state index contributed by atoms with van der Waals surface area (Å²) in [4.78, 5) is 0. The van der Waals surface area contributed by atoms with Crippen LogP contribution in [0.4, 0.5) is 0 Å². The fraction of sp³-hybridized carbons (Fsp3) is 0. The average Bonchev–Trinajstić information content (AvgIpc) is 0. The predicted molar refractivity (Wildman–Crippen MR) is 5.75 cm³/mol. The van der Waals surface area contributed by atoms with Crippen LogP contribution < -0.4 is 0 Å². The summed E-state index contributed by atoms with van der Waals surface area (Å²) in [5.41, 5.74) is 0. The molecular formula is BCrMoNbTiV. The van der Waals surface area contributed by atoms with Gasteiger partial charge in [-0.25, -0.2) is 0 Å². The Morgan fingerprint density at radius 2 is 1.00 bits per heavy atom. The third-order valence-corrected chi connectivity index (χ3v) is 0. The van der Waals surface area contributed by atoms with Crippen LogP contribution in [0, 0.1) is 0 Å². The third-order valence-electron chi connectivity index (χ3n) is 0. The Morgan fingerprint density at radius 1 is 1.00 bits per heavy atom. The SMILES string of the molecule is [B].[Cr].[Mo].[Nb].[Ti].[V]. The van der Waals surface area contributed by atoms with E-state index in [9.17, 15) is 0 Å². The molecule has 0 rings (SSSR count). The normalized spacial score (nSPS) is 0. The van der Waals surface area contributed by atoms with Gasteiger partial charge in [0, 0.05) is 109 Å². The van der Waals surface area contributed by atoms with Crippen LogP contribution in [0.3, 0.4) is 0 Å². The van der Waals surface area contributed by atoms with Crippen molar-refractivity contribution in [3.63, 3.8) is 0 Å². The molecule has 0 bridgehead atoms. The van der Waals surface area contributed by atoms with Crippen molar-refractivity contribution in [3.05, 3.63) is 0 Å². The van der Waals surface area contributed by atoms with Crippen molar-refractivity contribution in [3.8, 4) is 0 Å². The van der Waals surface area contributed by atoms with Gasteiger partial charge in [0.15, 0.2) is 0 Å². The molecule has 0 aromatic carbocycles. The van der Waals surface area contributed by atoms with E-state index >= 15 is 0 Å². The average molecular weight is 350 g/mol. The van der Waals surface area contributed by atoms with Crippen LogP contribution >= 0.6 is 0 Å². The first-order chi connectivity index (χ1) is 0. The number of hydrogen-bond acceptors (Lipinski definition) is 0. The zero-order valence-electron chi connectivity index (χ0n) is 2.79. The molecule has 0 aliphatic heterocycles. The molecule has 0 spiro atoms. The van der Waals surface area contributed by atoms with Crippen molar-refractivity contribution >= 4 is 8.41 Å². The molecule has 0 fully saturated rings. The molecule has 6 heteroatoms. The second-order valence-electron chi connectivity index (χ2n) is 0. The van der Waals surface area contributed by atoms with Crippen molar-refractivity contribution in [2.75, 3.05) is 0 Å². The van der Waals surface area contributed by atoms with Crippen molar-refractivity contribution < 1.29 is 101 Å². The van der Waals surface area contributed by atoms with Gasteiger partial charge in [-0.15, -0.1) is 0 Å². The maximum atomic E-state index is 0. The van der Waals surface area contributed by atoms with Gasteiger partial charge >= 0.3 is 0 Å². The maximum absolute atomic E-state index is 0. The van der Waals surface area contributed by atoms with E-state index in [0.717, 1.165) is 0 Å². The smallest absolute Gasteiger partial charge is 0 e. The summed E-state index contributed by atoms with van der Waals surface area (Å²) < 4.78 is 0. The first kappa shape index (κ1) is 58.5. The monoisotopic (exact) mass is 353 g/mol. The summed E-state index contributed by atoms with van der Waals surface area (Å²) in [6, 6.07) is 0. The molecule has 0 aromatic heterocycles. The van der Waals surface area contributed by atoms with Gasteiger partial charge in [-0.1, -0.05) is 0 Å². The Hall–Kier alpha value is 3.32. The van der Waals surface area contributed by atoms with E-state index in [0.29, 0.717) is 0 Å². The van der Waals surface area contributed by atoms with Crippen molar-refractivity contribution in [2.45, 2.75) is 0 Å². The van der Waals surface area contributed by atoms with Gasteiger partial charge in [0.1, 0.15) is 0 Å². The summed E-state index contributed by atoms with van der Waals surface area (Å²) in [5.74, 6) is 0. The predicted octanol–water partition coefficient (Wildman–Crippen LogP) is -0.393. The Labute approximate surface area is 108 Å². The van der Waals surface area contributed by atoms with Crippen LogP contribution in [-0.2, 0) is 101 Å². The third kappa shape index (κ3) is 26.5. The van der Waals surface area contributed by atoms with Gasteiger partial charge in [-0.2, -0.15) is 0 Å². The van der Waals surface area contributed by atoms with E-state index in [4.69, 9.17) is 0 Å². The minimum atomic E-state index is 0. The molecule has 0 N–H and O–H groups in total. The van der Waals surface area contributed by atoms with E-state index in [1.165, 1.54) is 0 Å². The Kier molecular flexibility index (Phi) is 394. The first-order valence-corrected chi connectivity index (χ1v) is 0. The Balaban J connectivity index is 0.